The van der Waals surface area contributed by atoms with E-state index >= 15 is 0 Å². The molecule has 0 radical (unpaired) electrons. The summed E-state index contributed by atoms with van der Waals surface area (Å²) in [5, 5.41) is 47.8. The minimum atomic E-state index is -0.213. The number of rotatable bonds is 8. The molecule has 0 saturated heterocycles. The number of hydrogen-bond donors (Lipinski definition) is 0. The molecule has 0 atom stereocenters. The van der Waals surface area contributed by atoms with Crippen LogP contribution >= 0.6 is 0 Å². The van der Waals surface area contributed by atoms with Gasteiger partial charge < -0.3 is 19.9 Å². The van der Waals surface area contributed by atoms with Crippen molar-refractivity contribution in [3.63, 3.8) is 0 Å². The fourth-order valence-electron chi connectivity index (χ4n) is 2.92. The molecule has 2 aromatic heterocycles. The molecule has 0 amide bonds. The Hall–Kier alpha value is -5.10. The van der Waals surface area contributed by atoms with Crippen LogP contribution in [-0.2, 0) is 0 Å². The maximum atomic E-state index is 11.3. The van der Waals surface area contributed by atoms with Crippen LogP contribution in [0.2, 0.25) is 0 Å². The van der Waals surface area contributed by atoms with Crippen LogP contribution in [-0.4, -0.2) is 23.5 Å². The first kappa shape index (κ1) is 21.1. The van der Waals surface area contributed by atoms with E-state index in [-0.39, 0.29) is 32.6 Å². The van der Waals surface area contributed by atoms with E-state index in [4.69, 9.17) is 20.0 Å². The van der Waals surface area contributed by atoms with Gasteiger partial charge in [0.2, 0.25) is 0 Å². The van der Waals surface area contributed by atoms with E-state index in [0.29, 0.717) is 42.3 Å². The maximum absolute atomic E-state index is 11.3. The van der Waals surface area contributed by atoms with Crippen molar-refractivity contribution < 1.29 is 28.5 Å². The van der Waals surface area contributed by atoms with Gasteiger partial charge in [-0.2, -0.15) is 10.5 Å². The lowest BCUT2D eigenvalue weighted by Crippen LogP contribution is -2.26. The van der Waals surface area contributed by atoms with Crippen LogP contribution < -0.4 is 19.3 Å². The molecular weight excluding hydrogens is 432 g/mol. The van der Waals surface area contributed by atoms with Crippen molar-refractivity contribution in [3.05, 3.63) is 70.3 Å². The second-order valence-corrected chi connectivity index (χ2v) is 6.58. The third-order valence-corrected chi connectivity index (χ3v) is 4.52. The number of nitriles is 2. The van der Waals surface area contributed by atoms with E-state index in [1.54, 1.807) is 60.7 Å². The van der Waals surface area contributed by atoms with Crippen molar-refractivity contribution in [3.8, 4) is 46.2 Å². The Morgan fingerprint density at radius 3 is 1.48 bits per heavy atom. The Labute approximate surface area is 186 Å². The quantitative estimate of drug-likeness (QED) is 0.287. The Morgan fingerprint density at radius 1 is 0.727 bits per heavy atom. The van der Waals surface area contributed by atoms with Crippen LogP contribution in [0.1, 0.15) is 17.8 Å². The maximum Gasteiger partial charge on any atom is 0.302 e. The lowest BCUT2D eigenvalue weighted by atomic mass is 10.1. The molecule has 0 aliphatic heterocycles. The van der Waals surface area contributed by atoms with Gasteiger partial charge in [0.05, 0.1) is 13.2 Å². The van der Waals surface area contributed by atoms with Crippen LogP contribution in [0.25, 0.3) is 22.5 Å². The molecule has 12 heteroatoms. The average Bonchev–Trinajstić information content (AvgIpc) is 3.41. The van der Waals surface area contributed by atoms with Gasteiger partial charge in [-0.15, -0.1) is 0 Å². The summed E-state index contributed by atoms with van der Waals surface area (Å²) in [6.45, 7) is 0.804. The van der Waals surface area contributed by atoms with Gasteiger partial charge in [-0.3, -0.25) is 9.26 Å². The minimum absolute atomic E-state index is 0.0621. The first-order chi connectivity index (χ1) is 16.1. The van der Waals surface area contributed by atoms with E-state index in [9.17, 15) is 10.4 Å². The Balaban J connectivity index is 1.24. The third-order valence-electron chi connectivity index (χ3n) is 4.52. The molecule has 2 aromatic carbocycles. The van der Waals surface area contributed by atoms with Gasteiger partial charge in [-0.25, -0.2) is 0 Å². The Morgan fingerprint density at radius 2 is 1.12 bits per heavy atom. The van der Waals surface area contributed by atoms with Crippen molar-refractivity contribution in [2.24, 2.45) is 0 Å². The molecule has 33 heavy (non-hydrogen) atoms. The molecule has 4 aromatic rings. The molecule has 0 aliphatic carbocycles. The van der Waals surface area contributed by atoms with Crippen LogP contribution in [0, 0.1) is 33.1 Å². The minimum Gasteiger partial charge on any atom is -0.493 e. The lowest BCUT2D eigenvalue weighted by molar-refractivity contribution is -0.804. The first-order valence-corrected chi connectivity index (χ1v) is 9.57. The number of ether oxygens (including phenoxy) is 2. The van der Waals surface area contributed by atoms with Gasteiger partial charge in [0.25, 0.3) is 11.4 Å². The fourth-order valence-corrected chi connectivity index (χ4v) is 2.92. The van der Waals surface area contributed by atoms with Crippen molar-refractivity contribution in [1.29, 1.82) is 10.5 Å². The van der Waals surface area contributed by atoms with Gasteiger partial charge in [0, 0.05) is 27.9 Å². The van der Waals surface area contributed by atoms with Gasteiger partial charge in [-0.05, 0) is 58.3 Å². The molecule has 0 bridgehead atoms. The highest BCUT2D eigenvalue weighted by molar-refractivity contribution is 5.64. The summed E-state index contributed by atoms with van der Waals surface area (Å²) >= 11 is 0. The Bertz CT molecular complexity index is 1230. The third kappa shape index (κ3) is 4.50. The standard InChI is InChI=1S/C21H14N6O6/c22-12-18-20(24-32-26(18)28)14-2-6-16(7-3-14)30-10-1-11-31-17-8-4-15(5-9-17)21-19(13-23)27(29)33-25-21/h2-9H,1,10-11H2. The zero-order chi connectivity index (χ0) is 23.2. The molecule has 0 N–H and O–H groups in total. The van der Waals surface area contributed by atoms with Crippen LogP contribution in [0.15, 0.2) is 57.8 Å². The highest BCUT2D eigenvalue weighted by Gasteiger charge is 2.21. The molecule has 0 fully saturated rings. The molecule has 0 spiro atoms. The smallest absolute Gasteiger partial charge is 0.302 e. The number of hydrogen-bond acceptors (Lipinski definition) is 10. The van der Waals surface area contributed by atoms with Crippen molar-refractivity contribution in [2.75, 3.05) is 13.2 Å². The second kappa shape index (κ2) is 9.36. The van der Waals surface area contributed by atoms with E-state index < -0.39 is 0 Å². The zero-order valence-electron chi connectivity index (χ0n) is 16.9. The molecule has 0 aliphatic rings. The summed E-state index contributed by atoms with van der Waals surface area (Å²) in [6, 6.07) is 17.0. The predicted molar refractivity (Wildman–Crippen MR) is 107 cm³/mol. The summed E-state index contributed by atoms with van der Waals surface area (Å²) in [5.41, 5.74) is 1.02. The second-order valence-electron chi connectivity index (χ2n) is 6.58. The van der Waals surface area contributed by atoms with Crippen LogP contribution in [0.4, 0.5) is 0 Å². The molecule has 2 heterocycles. The lowest BCUT2D eigenvalue weighted by Gasteiger charge is -2.08. The van der Waals surface area contributed by atoms with Crippen molar-refractivity contribution in [1.82, 2.24) is 10.3 Å². The van der Waals surface area contributed by atoms with Gasteiger partial charge >= 0.3 is 11.4 Å². The predicted octanol–water partition coefficient (Wildman–Crippen LogP) is 1.85. The van der Waals surface area contributed by atoms with Gasteiger partial charge in [0.1, 0.15) is 11.5 Å². The summed E-state index contributed by atoms with van der Waals surface area (Å²) < 4.78 is 20.2. The topological polar surface area (TPSA) is 172 Å². The van der Waals surface area contributed by atoms with E-state index in [1.165, 1.54) is 0 Å². The fraction of sp³-hybridized carbons (Fsp3) is 0.143. The molecule has 0 unspecified atom stereocenters. The van der Waals surface area contributed by atoms with Crippen molar-refractivity contribution in [2.45, 2.75) is 6.42 Å². The highest BCUT2D eigenvalue weighted by Crippen LogP contribution is 2.23. The van der Waals surface area contributed by atoms with Crippen LogP contribution in [0.5, 0.6) is 11.5 Å². The normalized spacial score (nSPS) is 10.4. The molecular formula is C21H14N6O6. The van der Waals surface area contributed by atoms with Crippen LogP contribution in [0.3, 0.4) is 0 Å². The summed E-state index contributed by atoms with van der Waals surface area (Å²) in [6.07, 6.45) is 0.611. The summed E-state index contributed by atoms with van der Waals surface area (Å²) in [7, 11) is 0. The average molecular weight is 446 g/mol. The summed E-state index contributed by atoms with van der Waals surface area (Å²) in [5.74, 6) is 1.22. The monoisotopic (exact) mass is 446 g/mol. The summed E-state index contributed by atoms with van der Waals surface area (Å²) in [4.78, 5) is 0.124. The van der Waals surface area contributed by atoms with E-state index in [2.05, 4.69) is 19.6 Å². The number of aromatic nitrogens is 4. The highest BCUT2D eigenvalue weighted by atomic mass is 16.8. The molecule has 0 saturated carbocycles. The molecule has 164 valence electrons. The van der Waals surface area contributed by atoms with Crippen molar-refractivity contribution >= 4 is 0 Å². The number of nitrogens with zero attached hydrogens (tertiary/aromatic N) is 6. The molecule has 4 rings (SSSR count). The number of benzene rings is 2. The Kier molecular flexibility index (Phi) is 6.00. The molecule has 12 nitrogen and oxygen atoms in total. The van der Waals surface area contributed by atoms with E-state index in [1.807, 2.05) is 0 Å². The van der Waals surface area contributed by atoms with Gasteiger partial charge in [0.15, 0.2) is 12.1 Å². The zero-order valence-corrected chi connectivity index (χ0v) is 16.9. The SMILES string of the molecule is N#Cc1c(-c2ccc(OCCCOc3ccc(-c4no[n+]([O-])c4C#N)cc3)cc2)no[n+]1[O-]. The van der Waals surface area contributed by atoms with Gasteiger partial charge in [-0.1, -0.05) is 0 Å². The first-order valence-electron chi connectivity index (χ1n) is 9.57. The van der Waals surface area contributed by atoms with E-state index in [0.717, 1.165) is 0 Å². The largest absolute Gasteiger partial charge is 0.493 e.